The minimum absolute atomic E-state index is 0.193. The molecule has 118 valence electrons. The van der Waals surface area contributed by atoms with E-state index in [0.717, 1.165) is 0 Å². The van der Waals surface area contributed by atoms with Crippen LogP contribution < -0.4 is 5.73 Å². The molecule has 4 heterocycles. The molecule has 2 aromatic heterocycles. The fourth-order valence-corrected chi connectivity index (χ4v) is 2.84. The average Bonchev–Trinajstić information content (AvgIpc) is 3.19. The Labute approximate surface area is 124 Å². The minimum Gasteiger partial charge on any atom is -0.394 e. The van der Waals surface area contributed by atoms with Crippen molar-refractivity contribution in [3.8, 4) is 0 Å². The third kappa shape index (κ3) is 1.89. The van der Waals surface area contributed by atoms with Gasteiger partial charge in [0.2, 0.25) is 0 Å². The molecule has 10 nitrogen and oxygen atoms in total. The van der Waals surface area contributed by atoms with E-state index >= 15 is 0 Å². The van der Waals surface area contributed by atoms with Crippen molar-refractivity contribution in [1.29, 1.82) is 0 Å². The monoisotopic (exact) mass is 309 g/mol. The van der Waals surface area contributed by atoms with Crippen molar-refractivity contribution in [3.05, 3.63) is 12.7 Å². The molecule has 5 unspecified atom stereocenters. The van der Waals surface area contributed by atoms with Gasteiger partial charge in [0.1, 0.15) is 30.2 Å². The Balaban J connectivity index is 1.73. The van der Waals surface area contributed by atoms with Crippen molar-refractivity contribution >= 4 is 17.0 Å². The number of fused-ring (bicyclic) bond motifs is 2. The maximum atomic E-state index is 9.47. The summed E-state index contributed by atoms with van der Waals surface area (Å²) in [6.45, 7) is -0.980. The molecule has 0 saturated carbocycles. The van der Waals surface area contributed by atoms with Crippen molar-refractivity contribution in [2.45, 2.75) is 31.0 Å². The maximum absolute atomic E-state index is 9.47. The Morgan fingerprint density at radius 2 is 2.09 bits per heavy atom. The van der Waals surface area contributed by atoms with Gasteiger partial charge in [0, 0.05) is 7.11 Å². The predicted molar refractivity (Wildman–Crippen MR) is 71.3 cm³/mol. The Kier molecular flexibility index (Phi) is 3.20. The van der Waals surface area contributed by atoms with E-state index in [-0.39, 0.29) is 12.4 Å². The van der Waals surface area contributed by atoms with E-state index in [4.69, 9.17) is 24.7 Å². The molecule has 4 rings (SSSR count). The van der Waals surface area contributed by atoms with Crippen LogP contribution in [0.5, 0.6) is 0 Å². The lowest BCUT2D eigenvalue weighted by atomic mass is 10.1. The van der Waals surface area contributed by atoms with Gasteiger partial charge in [-0.05, 0) is 0 Å². The molecule has 2 aliphatic heterocycles. The molecule has 0 radical (unpaired) electrons. The summed E-state index contributed by atoms with van der Waals surface area (Å²) < 4.78 is 23.8. The van der Waals surface area contributed by atoms with Crippen molar-refractivity contribution in [3.63, 3.8) is 0 Å². The highest BCUT2D eigenvalue weighted by molar-refractivity contribution is 5.81. The van der Waals surface area contributed by atoms with E-state index in [9.17, 15) is 5.11 Å². The van der Waals surface area contributed by atoms with Gasteiger partial charge in [-0.25, -0.2) is 15.0 Å². The van der Waals surface area contributed by atoms with Crippen LogP contribution in [-0.4, -0.2) is 63.1 Å². The Morgan fingerprint density at radius 1 is 1.27 bits per heavy atom. The van der Waals surface area contributed by atoms with Gasteiger partial charge < -0.3 is 29.8 Å². The number of imidazole rings is 1. The molecule has 0 aromatic carbocycles. The van der Waals surface area contributed by atoms with Gasteiger partial charge in [-0.1, -0.05) is 0 Å². The van der Waals surface area contributed by atoms with Gasteiger partial charge in [-0.3, -0.25) is 4.57 Å². The normalized spacial score (nSPS) is 34.4. The second-order valence-corrected chi connectivity index (χ2v) is 5.06. The first-order chi connectivity index (χ1) is 10.7. The van der Waals surface area contributed by atoms with Crippen LogP contribution in [0.3, 0.4) is 0 Å². The van der Waals surface area contributed by atoms with E-state index in [0.29, 0.717) is 11.2 Å². The van der Waals surface area contributed by atoms with Gasteiger partial charge in [0.25, 0.3) is 6.48 Å². The smallest absolute Gasteiger partial charge is 0.272 e. The Hall–Kier alpha value is -1.85. The number of ether oxygens (including phenoxy) is 4. The highest BCUT2D eigenvalue weighted by atomic mass is 16.9. The van der Waals surface area contributed by atoms with Gasteiger partial charge >= 0.3 is 0 Å². The first-order valence-electron chi connectivity index (χ1n) is 6.76. The molecule has 3 N–H and O–H groups in total. The zero-order valence-corrected chi connectivity index (χ0v) is 11.7. The number of nitrogens with zero attached hydrogens (tertiary/aromatic N) is 4. The number of hydrogen-bond acceptors (Lipinski definition) is 9. The van der Waals surface area contributed by atoms with Gasteiger partial charge in [0.05, 0.1) is 12.9 Å². The first-order valence-corrected chi connectivity index (χ1v) is 6.76. The van der Waals surface area contributed by atoms with Crippen molar-refractivity contribution in [1.82, 2.24) is 19.5 Å². The molecule has 2 aliphatic rings. The molecular weight excluding hydrogens is 294 g/mol. The average molecular weight is 309 g/mol. The zero-order valence-electron chi connectivity index (χ0n) is 11.7. The topological polar surface area (TPSA) is 127 Å². The molecular formula is C12H15N5O5. The largest absolute Gasteiger partial charge is 0.394 e. The number of aliphatic hydroxyl groups excluding tert-OH is 1. The molecule has 0 amide bonds. The van der Waals surface area contributed by atoms with Crippen LogP contribution in [-0.2, 0) is 18.9 Å². The van der Waals surface area contributed by atoms with Crippen LogP contribution in [0, 0.1) is 0 Å². The standard InChI is InChI=1S/C12H15N5O5/c1-19-12-21-7-5(2-18)20-11(8(7)22-12)17-4-16-6-9(13)14-3-15-10(6)17/h3-5,7-8,11-12,18H,2H2,1H3,(H2,13,14,15). The van der Waals surface area contributed by atoms with Crippen molar-refractivity contribution in [2.75, 3.05) is 19.5 Å². The van der Waals surface area contributed by atoms with E-state index < -0.39 is 31.0 Å². The van der Waals surface area contributed by atoms with Gasteiger partial charge in [-0.2, -0.15) is 0 Å². The number of nitrogen functional groups attached to an aromatic ring is 1. The minimum atomic E-state index is -0.787. The Morgan fingerprint density at radius 3 is 2.86 bits per heavy atom. The molecule has 0 spiro atoms. The fraction of sp³-hybridized carbons (Fsp3) is 0.583. The first kappa shape index (κ1) is 13.8. The van der Waals surface area contributed by atoms with Gasteiger partial charge in [-0.15, -0.1) is 0 Å². The maximum Gasteiger partial charge on any atom is 0.272 e. The van der Waals surface area contributed by atoms with Crippen LogP contribution in [0.25, 0.3) is 11.2 Å². The molecule has 2 fully saturated rings. The summed E-state index contributed by atoms with van der Waals surface area (Å²) in [5.41, 5.74) is 6.80. The summed E-state index contributed by atoms with van der Waals surface area (Å²) in [7, 11) is 1.48. The summed E-state index contributed by atoms with van der Waals surface area (Å²) in [5, 5.41) is 9.47. The quantitative estimate of drug-likeness (QED) is 0.734. The number of anilines is 1. The van der Waals surface area contributed by atoms with Crippen molar-refractivity contribution in [2.24, 2.45) is 0 Å². The number of methoxy groups -OCH3 is 1. The zero-order chi connectivity index (χ0) is 15.3. The number of aliphatic hydroxyl groups is 1. The molecule has 10 heteroatoms. The molecule has 0 bridgehead atoms. The number of rotatable bonds is 3. The highest BCUT2D eigenvalue weighted by Gasteiger charge is 2.53. The van der Waals surface area contributed by atoms with Crippen molar-refractivity contribution < 1.29 is 24.1 Å². The molecule has 22 heavy (non-hydrogen) atoms. The highest BCUT2D eigenvalue weighted by Crippen LogP contribution is 2.40. The third-order valence-corrected chi connectivity index (χ3v) is 3.86. The summed E-state index contributed by atoms with van der Waals surface area (Å²) >= 11 is 0. The van der Waals surface area contributed by atoms with Crippen LogP contribution in [0.4, 0.5) is 5.82 Å². The summed E-state index contributed by atoms with van der Waals surface area (Å²) in [6, 6.07) is 0. The summed E-state index contributed by atoms with van der Waals surface area (Å²) in [6.07, 6.45) is 0.955. The lowest BCUT2D eigenvalue weighted by Crippen LogP contribution is -2.31. The van der Waals surface area contributed by atoms with E-state index in [1.54, 1.807) is 10.9 Å². The van der Waals surface area contributed by atoms with Crippen LogP contribution in [0.1, 0.15) is 6.23 Å². The van der Waals surface area contributed by atoms with E-state index in [1.807, 2.05) is 0 Å². The van der Waals surface area contributed by atoms with Crippen LogP contribution in [0.15, 0.2) is 12.7 Å². The van der Waals surface area contributed by atoms with Gasteiger partial charge in [0.15, 0.2) is 17.7 Å². The SMILES string of the molecule is COC1OC2C(CO)OC(n3cnc4c(N)ncnc43)C2O1. The summed E-state index contributed by atoms with van der Waals surface area (Å²) in [4.78, 5) is 12.3. The second-order valence-electron chi connectivity index (χ2n) is 5.06. The Bertz CT molecular complexity index is 694. The number of aromatic nitrogens is 4. The van der Waals surface area contributed by atoms with E-state index in [2.05, 4.69) is 15.0 Å². The van der Waals surface area contributed by atoms with E-state index in [1.165, 1.54) is 13.4 Å². The second kappa shape index (κ2) is 5.11. The molecule has 0 aliphatic carbocycles. The fourth-order valence-electron chi connectivity index (χ4n) is 2.84. The molecule has 2 saturated heterocycles. The van der Waals surface area contributed by atoms with Crippen LogP contribution in [0.2, 0.25) is 0 Å². The molecule has 2 aromatic rings. The summed E-state index contributed by atoms with van der Waals surface area (Å²) in [5.74, 6) is 0.287. The number of nitrogens with two attached hydrogens (primary N) is 1. The lowest BCUT2D eigenvalue weighted by molar-refractivity contribution is -0.256. The molecule has 5 atom stereocenters. The third-order valence-electron chi connectivity index (χ3n) is 3.86. The predicted octanol–water partition coefficient (Wildman–Crippen LogP) is -0.988. The lowest BCUT2D eigenvalue weighted by Gasteiger charge is -2.19. The van der Waals surface area contributed by atoms with Crippen LogP contribution >= 0.6 is 0 Å². The number of hydrogen-bond donors (Lipinski definition) is 2.